The van der Waals surface area contributed by atoms with Gasteiger partial charge in [0.05, 0.1) is 5.56 Å². The van der Waals surface area contributed by atoms with Crippen molar-refractivity contribution in [3.63, 3.8) is 0 Å². The number of hydrogen-bond acceptors (Lipinski definition) is 2. The van der Waals surface area contributed by atoms with Crippen LogP contribution in [0.4, 0.5) is 18.0 Å². The zero-order valence-corrected chi connectivity index (χ0v) is 13.1. The summed E-state index contributed by atoms with van der Waals surface area (Å²) in [5.41, 5.74) is -0.0537. The summed E-state index contributed by atoms with van der Waals surface area (Å²) in [6.45, 7) is 2.19. The zero-order chi connectivity index (χ0) is 16.9. The molecule has 1 aliphatic heterocycles. The molecule has 128 valence electrons. The van der Waals surface area contributed by atoms with Crippen molar-refractivity contribution in [2.24, 2.45) is 0 Å². The molecule has 1 aliphatic rings. The molecule has 1 heterocycles. The second kappa shape index (κ2) is 7.68. The van der Waals surface area contributed by atoms with E-state index in [2.05, 4.69) is 22.6 Å². The second-order valence-corrected chi connectivity index (χ2v) is 5.95. The summed E-state index contributed by atoms with van der Waals surface area (Å²) in [6, 6.07) is 4.67. The third-order valence-electron chi connectivity index (χ3n) is 4.02. The lowest BCUT2D eigenvalue weighted by Crippen LogP contribution is -2.42. The van der Waals surface area contributed by atoms with Crippen molar-refractivity contribution in [1.82, 2.24) is 15.5 Å². The molecule has 1 aromatic carbocycles. The molecule has 0 radical (unpaired) electrons. The number of nitrogens with zero attached hydrogens (tertiary/aromatic N) is 1. The number of nitrogens with one attached hydrogen (secondary N) is 2. The summed E-state index contributed by atoms with van der Waals surface area (Å²) >= 11 is 0. The maximum Gasteiger partial charge on any atom is 0.416 e. The van der Waals surface area contributed by atoms with Gasteiger partial charge in [0, 0.05) is 12.6 Å². The first kappa shape index (κ1) is 17.6. The van der Waals surface area contributed by atoms with Crippen molar-refractivity contribution < 1.29 is 18.0 Å². The van der Waals surface area contributed by atoms with Gasteiger partial charge in [-0.05, 0) is 57.1 Å². The number of amides is 2. The van der Waals surface area contributed by atoms with Crippen LogP contribution in [0.2, 0.25) is 0 Å². The average Bonchev–Trinajstić information content (AvgIpc) is 2.69. The van der Waals surface area contributed by atoms with Crippen LogP contribution < -0.4 is 10.6 Å². The van der Waals surface area contributed by atoms with Crippen LogP contribution in [0.3, 0.4) is 0 Å². The van der Waals surface area contributed by atoms with E-state index >= 15 is 0 Å². The second-order valence-electron chi connectivity index (χ2n) is 5.95. The van der Waals surface area contributed by atoms with Crippen molar-refractivity contribution in [2.45, 2.75) is 38.0 Å². The zero-order valence-electron chi connectivity index (χ0n) is 13.1. The molecule has 0 bridgehead atoms. The van der Waals surface area contributed by atoms with Gasteiger partial charge in [0.15, 0.2) is 0 Å². The topological polar surface area (TPSA) is 44.4 Å². The highest BCUT2D eigenvalue weighted by molar-refractivity contribution is 5.74. The highest BCUT2D eigenvalue weighted by Gasteiger charge is 2.29. The van der Waals surface area contributed by atoms with Crippen LogP contribution >= 0.6 is 0 Å². The number of hydrogen-bond donors (Lipinski definition) is 2. The van der Waals surface area contributed by atoms with Crippen LogP contribution in [0, 0.1) is 0 Å². The van der Waals surface area contributed by atoms with Gasteiger partial charge in [0.2, 0.25) is 0 Å². The number of carbonyl (C=O) groups excluding carboxylic acids is 1. The smallest absolute Gasteiger partial charge is 0.335 e. The lowest BCUT2D eigenvalue weighted by atomic mass is 10.1. The number of carbonyl (C=O) groups is 1. The minimum absolute atomic E-state index is 0.146. The van der Waals surface area contributed by atoms with Gasteiger partial charge in [0.25, 0.3) is 0 Å². The van der Waals surface area contributed by atoms with E-state index in [0.717, 1.165) is 44.5 Å². The van der Waals surface area contributed by atoms with Crippen LogP contribution in [0.15, 0.2) is 24.3 Å². The van der Waals surface area contributed by atoms with Gasteiger partial charge in [-0.2, -0.15) is 13.2 Å². The van der Waals surface area contributed by atoms with Crippen molar-refractivity contribution in [2.75, 3.05) is 20.1 Å². The molecule has 23 heavy (non-hydrogen) atoms. The van der Waals surface area contributed by atoms with Crippen molar-refractivity contribution in [1.29, 1.82) is 0 Å². The lowest BCUT2D eigenvalue weighted by molar-refractivity contribution is -0.137. The number of rotatable bonds is 3. The Hall–Kier alpha value is -1.76. The third-order valence-corrected chi connectivity index (χ3v) is 4.02. The van der Waals surface area contributed by atoms with Crippen LogP contribution in [0.5, 0.6) is 0 Å². The molecule has 0 saturated carbocycles. The van der Waals surface area contributed by atoms with Gasteiger partial charge < -0.3 is 15.5 Å². The molecule has 2 rings (SSSR count). The van der Waals surface area contributed by atoms with Crippen LogP contribution in [0.1, 0.15) is 30.4 Å². The number of likely N-dealkylation sites (tertiary alicyclic amines) is 1. The molecule has 1 saturated heterocycles. The van der Waals surface area contributed by atoms with E-state index in [1.807, 2.05) is 0 Å². The van der Waals surface area contributed by atoms with Gasteiger partial charge in [-0.15, -0.1) is 0 Å². The van der Waals surface area contributed by atoms with E-state index in [1.165, 1.54) is 12.1 Å². The summed E-state index contributed by atoms with van der Waals surface area (Å²) in [5, 5.41) is 5.62. The summed E-state index contributed by atoms with van der Waals surface area (Å²) in [6.07, 6.45) is -1.45. The molecule has 1 unspecified atom stereocenters. The fraction of sp³-hybridized carbons (Fsp3) is 0.562. The van der Waals surface area contributed by atoms with Crippen molar-refractivity contribution in [3.05, 3.63) is 35.4 Å². The molecule has 1 aromatic rings. The molecule has 0 spiro atoms. The molecule has 1 atom stereocenters. The van der Waals surface area contributed by atoms with E-state index in [9.17, 15) is 18.0 Å². The molecular weight excluding hydrogens is 307 g/mol. The van der Waals surface area contributed by atoms with Crippen LogP contribution in [-0.2, 0) is 12.7 Å². The Morgan fingerprint density at radius 3 is 2.57 bits per heavy atom. The van der Waals surface area contributed by atoms with E-state index < -0.39 is 11.7 Å². The van der Waals surface area contributed by atoms with Gasteiger partial charge >= 0.3 is 12.2 Å². The van der Waals surface area contributed by atoms with E-state index in [1.54, 1.807) is 0 Å². The maximum atomic E-state index is 12.5. The minimum Gasteiger partial charge on any atom is -0.335 e. The molecule has 7 heteroatoms. The standard InChI is InChI=1S/C16H22F3N3O/c1-22-9-2-3-14(8-10-22)21-15(23)20-11-12-4-6-13(7-5-12)16(17,18)19/h4-7,14H,2-3,8-11H2,1H3,(H2,20,21,23). The fourth-order valence-corrected chi connectivity index (χ4v) is 2.61. The fourth-order valence-electron chi connectivity index (χ4n) is 2.61. The first-order valence-electron chi connectivity index (χ1n) is 7.73. The number of benzene rings is 1. The Labute approximate surface area is 134 Å². The number of alkyl halides is 3. The van der Waals surface area contributed by atoms with Gasteiger partial charge in [0.1, 0.15) is 0 Å². The Balaban J connectivity index is 1.78. The Morgan fingerprint density at radius 1 is 1.22 bits per heavy atom. The van der Waals surface area contributed by atoms with Gasteiger partial charge in [-0.3, -0.25) is 0 Å². The predicted octanol–water partition coefficient (Wildman–Crippen LogP) is 2.99. The Morgan fingerprint density at radius 2 is 1.91 bits per heavy atom. The Bertz CT molecular complexity index is 516. The van der Waals surface area contributed by atoms with Crippen molar-refractivity contribution >= 4 is 6.03 Å². The molecule has 2 N–H and O–H groups in total. The van der Waals surface area contributed by atoms with Crippen LogP contribution in [0.25, 0.3) is 0 Å². The van der Waals surface area contributed by atoms with Gasteiger partial charge in [-0.25, -0.2) is 4.79 Å². The normalized spacial score (nSPS) is 19.9. The maximum absolute atomic E-state index is 12.5. The first-order chi connectivity index (χ1) is 10.8. The molecule has 1 fully saturated rings. The Kier molecular flexibility index (Phi) is 5.87. The van der Waals surface area contributed by atoms with E-state index in [-0.39, 0.29) is 18.6 Å². The summed E-state index contributed by atoms with van der Waals surface area (Å²) in [4.78, 5) is 14.1. The molecular formula is C16H22F3N3O. The van der Waals surface area contributed by atoms with E-state index in [4.69, 9.17) is 0 Å². The largest absolute Gasteiger partial charge is 0.416 e. The minimum atomic E-state index is -4.34. The molecule has 2 amide bonds. The monoisotopic (exact) mass is 329 g/mol. The average molecular weight is 329 g/mol. The van der Waals surface area contributed by atoms with Crippen molar-refractivity contribution in [3.8, 4) is 0 Å². The quantitative estimate of drug-likeness (QED) is 0.895. The van der Waals surface area contributed by atoms with Crippen LogP contribution in [-0.4, -0.2) is 37.1 Å². The lowest BCUT2D eigenvalue weighted by Gasteiger charge is -2.17. The summed E-state index contributed by atoms with van der Waals surface area (Å²) in [5.74, 6) is 0. The number of urea groups is 1. The first-order valence-corrected chi connectivity index (χ1v) is 7.73. The highest BCUT2D eigenvalue weighted by Crippen LogP contribution is 2.29. The molecule has 0 aromatic heterocycles. The predicted molar refractivity (Wildman–Crippen MR) is 82.0 cm³/mol. The number of halogens is 3. The van der Waals surface area contributed by atoms with Gasteiger partial charge in [-0.1, -0.05) is 12.1 Å². The summed E-state index contributed by atoms with van der Waals surface area (Å²) in [7, 11) is 2.06. The van der Waals surface area contributed by atoms with E-state index in [0.29, 0.717) is 5.56 Å². The SMILES string of the molecule is CN1CCCC(NC(=O)NCc2ccc(C(F)(F)F)cc2)CC1. The molecule has 0 aliphatic carbocycles. The summed E-state index contributed by atoms with van der Waals surface area (Å²) < 4.78 is 37.4. The molecule has 4 nitrogen and oxygen atoms in total. The third kappa shape index (κ3) is 5.74. The highest BCUT2D eigenvalue weighted by atomic mass is 19.4.